The van der Waals surface area contributed by atoms with Gasteiger partial charge in [-0.25, -0.2) is 17.9 Å². The molecule has 126 valence electrons. The van der Waals surface area contributed by atoms with Crippen LogP contribution in [0.1, 0.15) is 24.6 Å². The Balaban J connectivity index is 1.60. The molecule has 0 unspecified atom stereocenters. The highest BCUT2D eigenvalue weighted by Crippen LogP contribution is 2.38. The molecule has 5 rings (SSSR count). The van der Waals surface area contributed by atoms with E-state index in [0.717, 1.165) is 30.4 Å². The Morgan fingerprint density at radius 2 is 2.04 bits per heavy atom. The number of nitrogens with zero attached hydrogens (tertiary/aromatic N) is 5. The maximum atomic E-state index is 12.9. The Morgan fingerprint density at radius 1 is 1.16 bits per heavy atom. The van der Waals surface area contributed by atoms with Gasteiger partial charge in [-0.3, -0.25) is 4.72 Å². The lowest BCUT2D eigenvalue weighted by atomic mass is 10.3. The first-order valence-electron chi connectivity index (χ1n) is 7.71. The van der Waals surface area contributed by atoms with E-state index in [1.807, 2.05) is 0 Å². The lowest BCUT2D eigenvalue weighted by Crippen LogP contribution is -2.14. The van der Waals surface area contributed by atoms with Gasteiger partial charge in [0.05, 0.1) is 17.4 Å². The second-order valence-corrected chi connectivity index (χ2v) is 8.11. The number of pyridine rings is 1. The van der Waals surface area contributed by atoms with Crippen LogP contribution in [-0.2, 0) is 10.0 Å². The minimum Gasteiger partial charge on any atom is -0.276 e. The monoisotopic (exact) mass is 372 g/mol. The van der Waals surface area contributed by atoms with Crippen LogP contribution in [-0.4, -0.2) is 31.8 Å². The average molecular weight is 372 g/mol. The third-order valence-electron chi connectivity index (χ3n) is 4.10. The first-order chi connectivity index (χ1) is 12.1. The van der Waals surface area contributed by atoms with E-state index < -0.39 is 10.0 Å². The Labute approximate surface area is 146 Å². The topological polar surface area (TPSA) is 102 Å². The van der Waals surface area contributed by atoms with E-state index in [9.17, 15) is 8.42 Å². The van der Waals surface area contributed by atoms with Crippen LogP contribution in [0.2, 0.25) is 0 Å². The number of nitrogens with one attached hydrogen (secondary N) is 1. The van der Waals surface area contributed by atoms with Crippen molar-refractivity contribution in [3.63, 3.8) is 0 Å². The summed E-state index contributed by atoms with van der Waals surface area (Å²) in [6.45, 7) is 0. The van der Waals surface area contributed by atoms with E-state index in [4.69, 9.17) is 0 Å². The van der Waals surface area contributed by atoms with Gasteiger partial charge in [-0.2, -0.15) is 13.8 Å². The van der Waals surface area contributed by atoms with Crippen molar-refractivity contribution >= 4 is 44.1 Å². The van der Waals surface area contributed by atoms with E-state index >= 15 is 0 Å². The van der Waals surface area contributed by atoms with Gasteiger partial charge in [-0.1, -0.05) is 6.07 Å². The molecule has 25 heavy (non-hydrogen) atoms. The first kappa shape index (κ1) is 14.7. The number of benzene rings is 1. The molecule has 1 aliphatic rings. The Bertz CT molecular complexity index is 1210. The fourth-order valence-electron chi connectivity index (χ4n) is 2.71. The minimum absolute atomic E-state index is 0.0997. The molecule has 0 bridgehead atoms. The normalized spacial score (nSPS) is 15.0. The molecular weight excluding hydrogens is 360 g/mol. The van der Waals surface area contributed by atoms with Gasteiger partial charge >= 0.3 is 0 Å². The summed E-state index contributed by atoms with van der Waals surface area (Å²) in [5, 5.41) is 4.43. The standard InChI is InChI=1S/C15H12N6O2S2/c22-25(23,12-5-1-3-10-13(12)19-24-18-10)20-11-4-2-8-21-15(11)16-14(17-21)9-6-7-9/h1-5,8-9,20H,6-7H2. The number of sulfonamides is 1. The predicted octanol–water partition coefficient (Wildman–Crippen LogP) is 2.41. The minimum atomic E-state index is -3.82. The summed E-state index contributed by atoms with van der Waals surface area (Å²) in [5.74, 6) is 1.15. The highest BCUT2D eigenvalue weighted by molar-refractivity contribution is 7.93. The molecule has 0 aliphatic heterocycles. The molecule has 1 aliphatic carbocycles. The number of rotatable bonds is 4. The molecular formula is C15H12N6O2S2. The molecule has 1 fully saturated rings. The summed E-state index contributed by atoms with van der Waals surface area (Å²) in [5.41, 5.74) is 1.82. The van der Waals surface area contributed by atoms with Crippen molar-refractivity contribution in [3.05, 3.63) is 42.4 Å². The van der Waals surface area contributed by atoms with Gasteiger partial charge in [0.15, 0.2) is 11.5 Å². The van der Waals surface area contributed by atoms with Crippen LogP contribution in [0.15, 0.2) is 41.4 Å². The second kappa shape index (κ2) is 5.20. The zero-order valence-electron chi connectivity index (χ0n) is 12.8. The van der Waals surface area contributed by atoms with Gasteiger partial charge in [-0.05, 0) is 37.1 Å². The molecule has 1 N–H and O–H groups in total. The van der Waals surface area contributed by atoms with Crippen LogP contribution in [0.5, 0.6) is 0 Å². The maximum absolute atomic E-state index is 12.9. The van der Waals surface area contributed by atoms with Crippen LogP contribution in [0, 0.1) is 0 Å². The highest BCUT2D eigenvalue weighted by atomic mass is 32.2. The van der Waals surface area contributed by atoms with Gasteiger partial charge in [-0.15, -0.1) is 0 Å². The van der Waals surface area contributed by atoms with Crippen molar-refractivity contribution in [2.75, 3.05) is 4.72 Å². The third kappa shape index (κ3) is 2.45. The van der Waals surface area contributed by atoms with Crippen LogP contribution in [0.4, 0.5) is 5.69 Å². The third-order valence-corrected chi connectivity index (χ3v) is 6.04. The number of anilines is 1. The van der Waals surface area contributed by atoms with Crippen LogP contribution < -0.4 is 4.72 Å². The molecule has 0 amide bonds. The SMILES string of the molecule is O=S(=O)(Nc1cccn2nc(C3CC3)nc12)c1cccc2nsnc12. The zero-order chi connectivity index (χ0) is 17.0. The van der Waals surface area contributed by atoms with Crippen molar-refractivity contribution in [2.24, 2.45) is 0 Å². The maximum Gasteiger partial charge on any atom is 0.264 e. The largest absolute Gasteiger partial charge is 0.276 e. The van der Waals surface area contributed by atoms with Gasteiger partial charge in [0, 0.05) is 12.1 Å². The molecule has 3 heterocycles. The summed E-state index contributed by atoms with van der Waals surface area (Å²) in [6, 6.07) is 8.32. The number of fused-ring (bicyclic) bond motifs is 2. The summed E-state index contributed by atoms with van der Waals surface area (Å²) < 4.78 is 38.2. The van der Waals surface area contributed by atoms with Crippen molar-refractivity contribution in [3.8, 4) is 0 Å². The van der Waals surface area contributed by atoms with E-state index in [1.165, 1.54) is 6.07 Å². The molecule has 10 heteroatoms. The molecule has 0 saturated heterocycles. The molecule has 8 nitrogen and oxygen atoms in total. The zero-order valence-corrected chi connectivity index (χ0v) is 14.5. The van der Waals surface area contributed by atoms with Crippen molar-refractivity contribution in [1.29, 1.82) is 0 Å². The van der Waals surface area contributed by atoms with Gasteiger partial charge in [0.25, 0.3) is 10.0 Å². The van der Waals surface area contributed by atoms with E-state index in [0.29, 0.717) is 28.3 Å². The van der Waals surface area contributed by atoms with Gasteiger partial charge in [0.2, 0.25) is 0 Å². The second-order valence-electron chi connectivity index (χ2n) is 5.93. The highest BCUT2D eigenvalue weighted by Gasteiger charge is 2.29. The fourth-order valence-corrected chi connectivity index (χ4v) is 4.54. The van der Waals surface area contributed by atoms with E-state index in [1.54, 1.807) is 35.0 Å². The van der Waals surface area contributed by atoms with Crippen molar-refractivity contribution in [1.82, 2.24) is 23.3 Å². The summed E-state index contributed by atoms with van der Waals surface area (Å²) in [6.07, 6.45) is 3.92. The van der Waals surface area contributed by atoms with Gasteiger partial charge < -0.3 is 0 Å². The molecule has 3 aromatic heterocycles. The summed E-state index contributed by atoms with van der Waals surface area (Å²) in [4.78, 5) is 4.60. The number of hydrogen-bond donors (Lipinski definition) is 1. The first-order valence-corrected chi connectivity index (χ1v) is 9.92. The van der Waals surface area contributed by atoms with E-state index in [2.05, 4.69) is 23.6 Å². The Hall–Kier alpha value is -2.59. The fraction of sp³-hybridized carbons (Fsp3) is 0.200. The lowest BCUT2D eigenvalue weighted by Gasteiger charge is -2.08. The quantitative estimate of drug-likeness (QED) is 0.590. The van der Waals surface area contributed by atoms with Crippen molar-refractivity contribution < 1.29 is 8.42 Å². The van der Waals surface area contributed by atoms with Crippen LogP contribution >= 0.6 is 11.7 Å². The molecule has 1 aromatic carbocycles. The Morgan fingerprint density at radius 3 is 2.88 bits per heavy atom. The predicted molar refractivity (Wildman–Crippen MR) is 93.2 cm³/mol. The van der Waals surface area contributed by atoms with Crippen LogP contribution in [0.3, 0.4) is 0 Å². The number of hydrogen-bond acceptors (Lipinski definition) is 7. The molecule has 0 spiro atoms. The Kier molecular flexibility index (Phi) is 3.06. The van der Waals surface area contributed by atoms with E-state index in [-0.39, 0.29) is 4.90 Å². The smallest absolute Gasteiger partial charge is 0.264 e. The molecule has 1 saturated carbocycles. The molecule has 0 atom stereocenters. The summed E-state index contributed by atoms with van der Waals surface area (Å²) >= 11 is 0.987. The van der Waals surface area contributed by atoms with Crippen LogP contribution in [0.25, 0.3) is 16.7 Å². The average Bonchev–Trinajstić information content (AvgIpc) is 3.17. The lowest BCUT2D eigenvalue weighted by molar-refractivity contribution is 0.602. The van der Waals surface area contributed by atoms with Gasteiger partial charge in [0.1, 0.15) is 15.9 Å². The van der Waals surface area contributed by atoms with Crippen molar-refractivity contribution in [2.45, 2.75) is 23.7 Å². The molecule has 0 radical (unpaired) electrons. The molecule has 4 aromatic rings. The summed E-state index contributed by atoms with van der Waals surface area (Å²) in [7, 11) is -3.82. The number of aromatic nitrogens is 5.